The number of nitrogens with zero attached hydrogens (tertiary/aromatic N) is 1. The molecule has 1 rings (SSSR count). The van der Waals surface area contributed by atoms with Crippen molar-refractivity contribution in [2.45, 2.75) is 38.1 Å². The second-order valence-electron chi connectivity index (χ2n) is 3.63. The lowest BCUT2D eigenvalue weighted by atomic mass is 9.84. The largest absolute Gasteiger partial charge is 0.481 e. The van der Waals surface area contributed by atoms with Gasteiger partial charge in [-0.2, -0.15) is 0 Å². The molecule has 1 N–H and O–H groups in total. The van der Waals surface area contributed by atoms with Crippen molar-refractivity contribution in [3.63, 3.8) is 0 Å². The van der Waals surface area contributed by atoms with Crippen LogP contribution in [-0.2, 0) is 4.79 Å². The monoisotopic (exact) mass is 187 g/mol. The molecule has 0 amide bonds. The predicted molar refractivity (Wildman–Crippen MR) is 45.0 cm³/mol. The summed E-state index contributed by atoms with van der Waals surface area (Å²) < 4.78 is 0. The maximum atomic E-state index is 10.8. The van der Waals surface area contributed by atoms with E-state index in [-0.39, 0.29) is 0 Å². The Morgan fingerprint density at radius 2 is 2.00 bits per heavy atom. The van der Waals surface area contributed by atoms with Crippen LogP contribution in [0.5, 0.6) is 0 Å². The first kappa shape index (κ1) is 9.95. The molecule has 0 aliphatic heterocycles. The minimum absolute atomic E-state index is 0.396. The van der Waals surface area contributed by atoms with Gasteiger partial charge in [0.15, 0.2) is 0 Å². The van der Waals surface area contributed by atoms with Crippen LogP contribution in [0.4, 0.5) is 0 Å². The fourth-order valence-corrected chi connectivity index (χ4v) is 1.99. The van der Waals surface area contributed by atoms with Crippen molar-refractivity contribution in [3.8, 4) is 0 Å². The van der Waals surface area contributed by atoms with E-state index in [1.54, 1.807) is 0 Å². The second kappa shape index (κ2) is 3.32. The predicted octanol–water partition coefficient (Wildman–Crippen LogP) is 1.30. The van der Waals surface area contributed by atoms with Crippen LogP contribution < -0.4 is 0 Å². The highest BCUT2D eigenvalue weighted by Crippen LogP contribution is 2.38. The maximum absolute atomic E-state index is 10.8. The average Bonchev–Trinajstić information content (AvgIpc) is 2.51. The molecule has 0 aromatic carbocycles. The van der Waals surface area contributed by atoms with Crippen molar-refractivity contribution < 1.29 is 14.8 Å². The average molecular weight is 187 g/mol. The SMILES string of the molecule is CC(C(=O)O)C1([N+](=O)[O-])CCCC1. The smallest absolute Gasteiger partial charge is 0.313 e. The van der Waals surface area contributed by atoms with Gasteiger partial charge in [0.05, 0.1) is 0 Å². The number of hydrogen-bond donors (Lipinski definition) is 1. The van der Waals surface area contributed by atoms with E-state index in [1.165, 1.54) is 6.92 Å². The highest BCUT2D eigenvalue weighted by atomic mass is 16.6. The molecule has 1 saturated carbocycles. The van der Waals surface area contributed by atoms with Crippen LogP contribution in [0.25, 0.3) is 0 Å². The topological polar surface area (TPSA) is 80.4 Å². The van der Waals surface area contributed by atoms with Gasteiger partial charge in [0, 0.05) is 17.8 Å². The Morgan fingerprint density at radius 3 is 2.31 bits per heavy atom. The molecule has 0 spiro atoms. The number of rotatable bonds is 3. The molecule has 0 aromatic rings. The van der Waals surface area contributed by atoms with Crippen molar-refractivity contribution in [3.05, 3.63) is 10.1 Å². The first-order valence-electron chi connectivity index (χ1n) is 4.38. The number of aliphatic carboxylic acids is 1. The lowest BCUT2D eigenvalue weighted by molar-refractivity contribution is -0.576. The molecule has 1 fully saturated rings. The van der Waals surface area contributed by atoms with Crippen molar-refractivity contribution >= 4 is 5.97 Å². The van der Waals surface area contributed by atoms with E-state index in [9.17, 15) is 14.9 Å². The van der Waals surface area contributed by atoms with Gasteiger partial charge in [0.2, 0.25) is 5.54 Å². The molecule has 1 aliphatic carbocycles. The zero-order chi connectivity index (χ0) is 10.1. The molecule has 1 aliphatic rings. The van der Waals surface area contributed by atoms with Gasteiger partial charge in [-0.25, -0.2) is 0 Å². The lowest BCUT2D eigenvalue weighted by Gasteiger charge is -2.23. The summed E-state index contributed by atoms with van der Waals surface area (Å²) in [5, 5.41) is 19.6. The Morgan fingerprint density at radius 1 is 1.54 bits per heavy atom. The molecular weight excluding hydrogens is 174 g/mol. The minimum atomic E-state index is -1.20. The normalized spacial score (nSPS) is 22.5. The number of hydrogen-bond acceptors (Lipinski definition) is 3. The second-order valence-corrected chi connectivity index (χ2v) is 3.63. The Hall–Kier alpha value is -1.13. The fraction of sp³-hybridized carbons (Fsp3) is 0.875. The van der Waals surface area contributed by atoms with Gasteiger partial charge in [-0.05, 0) is 19.8 Å². The molecule has 5 nitrogen and oxygen atoms in total. The van der Waals surface area contributed by atoms with Gasteiger partial charge >= 0.3 is 5.97 Å². The van der Waals surface area contributed by atoms with Gasteiger partial charge in [0.25, 0.3) is 0 Å². The standard InChI is InChI=1S/C8H13NO4/c1-6(7(10)11)8(9(12)13)4-2-3-5-8/h6H,2-5H2,1H3,(H,10,11). The summed E-state index contributed by atoms with van der Waals surface area (Å²) in [6, 6.07) is 0. The molecule has 74 valence electrons. The van der Waals surface area contributed by atoms with E-state index in [1.807, 2.05) is 0 Å². The Bertz CT molecular complexity index is 232. The molecule has 1 atom stereocenters. The summed E-state index contributed by atoms with van der Waals surface area (Å²) in [7, 11) is 0. The van der Waals surface area contributed by atoms with Crippen LogP contribution >= 0.6 is 0 Å². The number of carboxylic acid groups (broad SMARTS) is 1. The zero-order valence-corrected chi connectivity index (χ0v) is 7.52. The summed E-state index contributed by atoms with van der Waals surface area (Å²) in [5.41, 5.74) is -1.20. The van der Waals surface area contributed by atoms with Crippen LogP contribution in [0.15, 0.2) is 0 Å². The fourth-order valence-electron chi connectivity index (χ4n) is 1.99. The molecule has 13 heavy (non-hydrogen) atoms. The van der Waals surface area contributed by atoms with Crippen molar-refractivity contribution in [2.24, 2.45) is 5.92 Å². The van der Waals surface area contributed by atoms with Crippen LogP contribution in [0.2, 0.25) is 0 Å². The van der Waals surface area contributed by atoms with E-state index in [4.69, 9.17) is 5.11 Å². The van der Waals surface area contributed by atoms with Crippen LogP contribution in [-0.4, -0.2) is 21.5 Å². The molecule has 0 aromatic heterocycles. The molecule has 0 bridgehead atoms. The summed E-state index contributed by atoms with van der Waals surface area (Å²) in [4.78, 5) is 21.1. The van der Waals surface area contributed by atoms with E-state index in [0.717, 1.165) is 12.8 Å². The van der Waals surface area contributed by atoms with Gasteiger partial charge in [-0.15, -0.1) is 0 Å². The highest BCUT2D eigenvalue weighted by molar-refractivity contribution is 5.71. The first-order chi connectivity index (χ1) is 6.00. The van der Waals surface area contributed by atoms with E-state index in [2.05, 4.69) is 0 Å². The molecule has 0 radical (unpaired) electrons. The maximum Gasteiger partial charge on any atom is 0.313 e. The summed E-state index contributed by atoms with van der Waals surface area (Å²) in [5.74, 6) is -1.96. The van der Waals surface area contributed by atoms with E-state index < -0.39 is 22.3 Å². The molecule has 0 heterocycles. The van der Waals surface area contributed by atoms with Crippen LogP contribution in [0.1, 0.15) is 32.6 Å². The summed E-state index contributed by atoms with van der Waals surface area (Å²) >= 11 is 0. The van der Waals surface area contributed by atoms with Gasteiger partial charge < -0.3 is 5.11 Å². The lowest BCUT2D eigenvalue weighted by Crippen LogP contribution is -2.45. The third-order valence-corrected chi connectivity index (χ3v) is 3.01. The van der Waals surface area contributed by atoms with Crippen molar-refractivity contribution in [1.29, 1.82) is 0 Å². The Labute approximate surface area is 75.9 Å². The zero-order valence-electron chi connectivity index (χ0n) is 7.52. The molecule has 1 unspecified atom stereocenters. The van der Waals surface area contributed by atoms with Crippen LogP contribution in [0.3, 0.4) is 0 Å². The number of carbonyl (C=O) groups is 1. The number of carboxylic acids is 1. The summed E-state index contributed by atoms with van der Waals surface area (Å²) in [6.45, 7) is 1.43. The minimum Gasteiger partial charge on any atom is -0.481 e. The van der Waals surface area contributed by atoms with Crippen molar-refractivity contribution in [2.75, 3.05) is 0 Å². The quantitative estimate of drug-likeness (QED) is 0.533. The van der Waals surface area contributed by atoms with Gasteiger partial charge in [-0.3, -0.25) is 14.9 Å². The third kappa shape index (κ3) is 1.50. The molecule has 0 saturated heterocycles. The Balaban J connectivity index is 2.90. The first-order valence-corrected chi connectivity index (χ1v) is 4.38. The number of nitro groups is 1. The van der Waals surface area contributed by atoms with Gasteiger partial charge in [-0.1, -0.05) is 0 Å². The highest BCUT2D eigenvalue weighted by Gasteiger charge is 2.53. The summed E-state index contributed by atoms with van der Waals surface area (Å²) in [6.07, 6.45) is 2.32. The van der Waals surface area contributed by atoms with Crippen LogP contribution in [0, 0.1) is 16.0 Å². The van der Waals surface area contributed by atoms with Crippen molar-refractivity contribution in [1.82, 2.24) is 0 Å². The van der Waals surface area contributed by atoms with E-state index >= 15 is 0 Å². The third-order valence-electron chi connectivity index (χ3n) is 3.01. The van der Waals surface area contributed by atoms with Gasteiger partial charge in [0.1, 0.15) is 5.92 Å². The van der Waals surface area contributed by atoms with E-state index in [0.29, 0.717) is 12.8 Å². The molecule has 5 heteroatoms. The Kier molecular flexibility index (Phi) is 2.54. The molecular formula is C8H13NO4.